The van der Waals surface area contributed by atoms with Gasteiger partial charge in [-0.25, -0.2) is 4.98 Å². The predicted molar refractivity (Wildman–Crippen MR) is 68.3 cm³/mol. The summed E-state index contributed by atoms with van der Waals surface area (Å²) in [6, 6.07) is 8.51. The van der Waals surface area contributed by atoms with Crippen LogP contribution in [0.2, 0.25) is 0 Å². The fourth-order valence-electron chi connectivity index (χ4n) is 2.27. The van der Waals surface area contributed by atoms with Crippen molar-refractivity contribution in [2.75, 3.05) is 7.05 Å². The van der Waals surface area contributed by atoms with Gasteiger partial charge in [0.15, 0.2) is 0 Å². The first-order valence-electron chi connectivity index (χ1n) is 6.15. The Morgan fingerprint density at radius 3 is 2.94 bits per heavy atom. The maximum atomic E-state index is 4.30. The third-order valence-electron chi connectivity index (χ3n) is 3.28. The third-order valence-corrected chi connectivity index (χ3v) is 3.28. The maximum Gasteiger partial charge on any atom is 0.0994 e. The van der Waals surface area contributed by atoms with Crippen LogP contribution in [-0.4, -0.2) is 16.6 Å². The normalized spacial score (nSPS) is 15.1. The Morgan fingerprint density at radius 2 is 2.18 bits per heavy atom. The molecule has 1 aromatic heterocycles. The molecule has 2 aromatic rings. The number of benzene rings is 1. The zero-order valence-corrected chi connectivity index (χ0v) is 10.1. The monoisotopic (exact) mass is 227 g/mol. The zero-order valence-electron chi connectivity index (χ0n) is 10.1. The van der Waals surface area contributed by atoms with Crippen molar-refractivity contribution in [3.8, 4) is 5.69 Å². The Morgan fingerprint density at radius 1 is 1.35 bits per heavy atom. The minimum Gasteiger partial charge on any atom is -0.316 e. The van der Waals surface area contributed by atoms with Crippen LogP contribution in [0.1, 0.15) is 30.0 Å². The van der Waals surface area contributed by atoms with Gasteiger partial charge in [-0.05, 0) is 31.5 Å². The Bertz CT molecular complexity index is 512. The number of nitrogens with one attached hydrogen (secondary N) is 1. The summed E-state index contributed by atoms with van der Waals surface area (Å²) in [6.07, 6.45) is 6.55. The van der Waals surface area contributed by atoms with Crippen molar-refractivity contribution < 1.29 is 0 Å². The van der Waals surface area contributed by atoms with Crippen LogP contribution in [0.15, 0.2) is 36.8 Å². The number of imidazole rings is 1. The molecule has 1 saturated carbocycles. The van der Waals surface area contributed by atoms with E-state index in [0.717, 1.165) is 12.5 Å². The van der Waals surface area contributed by atoms with Crippen molar-refractivity contribution in [1.82, 2.24) is 14.9 Å². The van der Waals surface area contributed by atoms with Gasteiger partial charge in [0.05, 0.1) is 12.0 Å². The first-order chi connectivity index (χ1) is 8.40. The Balaban J connectivity index is 2.04. The van der Waals surface area contributed by atoms with E-state index in [4.69, 9.17) is 0 Å². The van der Waals surface area contributed by atoms with Gasteiger partial charge < -0.3 is 9.88 Å². The number of hydrogen-bond donors (Lipinski definition) is 1. The highest BCUT2D eigenvalue weighted by Crippen LogP contribution is 2.40. The summed E-state index contributed by atoms with van der Waals surface area (Å²) >= 11 is 0. The lowest BCUT2D eigenvalue weighted by molar-refractivity contribution is 0.801. The molecule has 88 valence electrons. The van der Waals surface area contributed by atoms with Crippen LogP contribution in [0.25, 0.3) is 5.69 Å². The number of rotatable bonds is 4. The van der Waals surface area contributed by atoms with E-state index in [-0.39, 0.29) is 0 Å². The van der Waals surface area contributed by atoms with Crippen molar-refractivity contribution >= 4 is 0 Å². The second-order valence-electron chi connectivity index (χ2n) is 4.62. The SMILES string of the molecule is CNCc1ccccc1-n1cncc1C1CC1. The third kappa shape index (κ3) is 1.98. The summed E-state index contributed by atoms with van der Waals surface area (Å²) in [5, 5.41) is 3.22. The number of hydrogen-bond acceptors (Lipinski definition) is 2. The molecule has 0 atom stereocenters. The molecule has 0 bridgehead atoms. The summed E-state index contributed by atoms with van der Waals surface area (Å²) in [4.78, 5) is 4.30. The molecule has 3 rings (SSSR count). The van der Waals surface area contributed by atoms with E-state index in [2.05, 4.69) is 39.1 Å². The lowest BCUT2D eigenvalue weighted by Gasteiger charge is -2.12. The highest BCUT2D eigenvalue weighted by Gasteiger charge is 2.27. The van der Waals surface area contributed by atoms with Crippen LogP contribution in [-0.2, 0) is 6.54 Å². The van der Waals surface area contributed by atoms with Gasteiger partial charge in [0.2, 0.25) is 0 Å². The lowest BCUT2D eigenvalue weighted by atomic mass is 10.1. The molecule has 0 aliphatic heterocycles. The standard InChI is InChI=1S/C14H17N3/c1-15-8-12-4-2-3-5-13(12)17-10-16-9-14(17)11-6-7-11/h2-5,9-11,15H,6-8H2,1H3. The molecule has 1 heterocycles. The second-order valence-corrected chi connectivity index (χ2v) is 4.62. The second kappa shape index (κ2) is 4.34. The number of nitrogens with zero attached hydrogens (tertiary/aromatic N) is 2. The van der Waals surface area contributed by atoms with Gasteiger partial charge >= 0.3 is 0 Å². The maximum absolute atomic E-state index is 4.30. The van der Waals surface area contributed by atoms with E-state index < -0.39 is 0 Å². The summed E-state index contributed by atoms with van der Waals surface area (Å²) in [5.41, 5.74) is 3.92. The van der Waals surface area contributed by atoms with E-state index in [1.54, 1.807) is 0 Å². The van der Waals surface area contributed by atoms with E-state index in [0.29, 0.717) is 0 Å². The molecule has 1 aliphatic carbocycles. The Hall–Kier alpha value is -1.61. The average molecular weight is 227 g/mol. The highest BCUT2D eigenvalue weighted by atomic mass is 15.1. The quantitative estimate of drug-likeness (QED) is 0.869. The number of aromatic nitrogens is 2. The fourth-order valence-corrected chi connectivity index (χ4v) is 2.27. The topological polar surface area (TPSA) is 29.9 Å². The fraction of sp³-hybridized carbons (Fsp3) is 0.357. The van der Waals surface area contributed by atoms with Crippen molar-refractivity contribution in [1.29, 1.82) is 0 Å². The average Bonchev–Trinajstić information content (AvgIpc) is 3.09. The van der Waals surface area contributed by atoms with Gasteiger partial charge in [0.25, 0.3) is 0 Å². The molecule has 0 saturated heterocycles. The zero-order chi connectivity index (χ0) is 11.7. The molecule has 1 N–H and O–H groups in total. The van der Waals surface area contributed by atoms with E-state index in [1.165, 1.54) is 29.8 Å². The van der Waals surface area contributed by atoms with Gasteiger partial charge in [-0.1, -0.05) is 18.2 Å². The first-order valence-corrected chi connectivity index (χ1v) is 6.15. The van der Waals surface area contributed by atoms with Crippen LogP contribution in [0.3, 0.4) is 0 Å². The van der Waals surface area contributed by atoms with Crippen LogP contribution in [0.4, 0.5) is 0 Å². The lowest BCUT2D eigenvalue weighted by Crippen LogP contribution is -2.09. The van der Waals surface area contributed by atoms with Crippen molar-refractivity contribution in [2.24, 2.45) is 0 Å². The van der Waals surface area contributed by atoms with Crippen LogP contribution < -0.4 is 5.32 Å². The summed E-state index contributed by atoms with van der Waals surface area (Å²) in [5.74, 6) is 0.722. The van der Waals surface area contributed by atoms with Gasteiger partial charge in [-0.3, -0.25) is 0 Å². The van der Waals surface area contributed by atoms with Gasteiger partial charge in [-0.15, -0.1) is 0 Å². The van der Waals surface area contributed by atoms with Crippen LogP contribution in [0, 0.1) is 0 Å². The molecule has 0 amide bonds. The Labute approximate surface area is 101 Å². The molecule has 0 spiro atoms. The molecule has 3 nitrogen and oxygen atoms in total. The molecule has 1 aromatic carbocycles. The minimum absolute atomic E-state index is 0.722. The highest BCUT2D eigenvalue weighted by molar-refractivity contribution is 5.43. The molecule has 3 heteroatoms. The summed E-state index contributed by atoms with van der Waals surface area (Å²) in [6.45, 7) is 0.887. The van der Waals surface area contributed by atoms with Gasteiger partial charge in [0.1, 0.15) is 0 Å². The molecule has 1 fully saturated rings. The smallest absolute Gasteiger partial charge is 0.0994 e. The molecular weight excluding hydrogens is 210 g/mol. The minimum atomic E-state index is 0.722. The van der Waals surface area contributed by atoms with E-state index in [9.17, 15) is 0 Å². The van der Waals surface area contributed by atoms with E-state index >= 15 is 0 Å². The van der Waals surface area contributed by atoms with Crippen molar-refractivity contribution in [3.63, 3.8) is 0 Å². The summed E-state index contributed by atoms with van der Waals surface area (Å²) < 4.78 is 2.24. The van der Waals surface area contributed by atoms with Crippen LogP contribution in [0.5, 0.6) is 0 Å². The van der Waals surface area contributed by atoms with Crippen molar-refractivity contribution in [2.45, 2.75) is 25.3 Å². The molecule has 1 aliphatic rings. The first kappa shape index (κ1) is 10.5. The largest absolute Gasteiger partial charge is 0.316 e. The molecular formula is C14H17N3. The Kier molecular flexibility index (Phi) is 2.69. The van der Waals surface area contributed by atoms with Crippen molar-refractivity contribution in [3.05, 3.63) is 48.0 Å². The van der Waals surface area contributed by atoms with Gasteiger partial charge in [0, 0.05) is 24.4 Å². The summed E-state index contributed by atoms with van der Waals surface area (Å²) in [7, 11) is 1.98. The molecule has 0 unspecified atom stereocenters. The predicted octanol–water partition coefficient (Wildman–Crippen LogP) is 2.47. The van der Waals surface area contributed by atoms with Gasteiger partial charge in [-0.2, -0.15) is 0 Å². The van der Waals surface area contributed by atoms with E-state index in [1.807, 2.05) is 19.6 Å². The number of para-hydroxylation sites is 1. The molecule has 17 heavy (non-hydrogen) atoms. The van der Waals surface area contributed by atoms with Crippen LogP contribution >= 0.6 is 0 Å². The molecule has 0 radical (unpaired) electrons.